The normalized spacial score (nSPS) is 9.95. The van der Waals surface area contributed by atoms with Gasteiger partial charge in [0.15, 0.2) is 0 Å². The predicted octanol–water partition coefficient (Wildman–Crippen LogP) is 1.94. The number of pyridine rings is 1. The van der Waals surface area contributed by atoms with Crippen LogP contribution >= 0.6 is 0 Å². The van der Waals surface area contributed by atoms with E-state index in [1.54, 1.807) is 6.07 Å². The summed E-state index contributed by atoms with van der Waals surface area (Å²) in [6.07, 6.45) is 1.42. The van der Waals surface area contributed by atoms with E-state index >= 15 is 0 Å². The average Bonchev–Trinajstić information content (AvgIpc) is 2.53. The molecular weight excluding hydrogens is 270 g/mol. The molecule has 6 nitrogen and oxygen atoms in total. The zero-order chi connectivity index (χ0) is 15.1. The Balaban J connectivity index is 1.87. The van der Waals surface area contributed by atoms with E-state index < -0.39 is 5.97 Å². The summed E-state index contributed by atoms with van der Waals surface area (Å²) in [7, 11) is 1.31. The van der Waals surface area contributed by atoms with Gasteiger partial charge in [0.05, 0.1) is 31.1 Å². The molecule has 0 fully saturated rings. The molecule has 0 aliphatic carbocycles. The van der Waals surface area contributed by atoms with E-state index in [1.165, 1.54) is 13.3 Å². The van der Waals surface area contributed by atoms with E-state index in [2.05, 4.69) is 15.0 Å². The van der Waals surface area contributed by atoms with Crippen molar-refractivity contribution < 1.29 is 14.3 Å². The highest BCUT2D eigenvalue weighted by Crippen LogP contribution is 2.15. The first kappa shape index (κ1) is 14.6. The lowest BCUT2D eigenvalue weighted by Gasteiger charge is -2.09. The van der Waals surface area contributed by atoms with Gasteiger partial charge in [0.2, 0.25) is 0 Å². The molecule has 0 saturated heterocycles. The molecule has 110 valence electrons. The molecule has 2 rings (SSSR count). The Labute approximate surface area is 122 Å². The van der Waals surface area contributed by atoms with Gasteiger partial charge in [-0.25, -0.2) is 9.78 Å². The van der Waals surface area contributed by atoms with Crippen molar-refractivity contribution >= 4 is 17.5 Å². The molecule has 0 spiro atoms. The Kier molecular flexibility index (Phi) is 4.98. The summed E-state index contributed by atoms with van der Waals surface area (Å²) in [4.78, 5) is 15.6. The molecule has 1 aromatic carbocycles. The second kappa shape index (κ2) is 7.14. The number of hydrogen-bond acceptors (Lipinski definition) is 6. The highest BCUT2D eigenvalue weighted by atomic mass is 16.5. The topological polar surface area (TPSA) is 86.5 Å². The van der Waals surface area contributed by atoms with Crippen LogP contribution in [0.1, 0.15) is 10.4 Å². The van der Waals surface area contributed by atoms with Crippen LogP contribution in [0.5, 0.6) is 5.75 Å². The van der Waals surface area contributed by atoms with Crippen LogP contribution in [0.4, 0.5) is 11.5 Å². The SMILES string of the molecule is COC(=O)c1cc(NCCOc2ccccc2)ncc1N. The van der Waals surface area contributed by atoms with Gasteiger partial charge in [0.25, 0.3) is 0 Å². The smallest absolute Gasteiger partial charge is 0.340 e. The third kappa shape index (κ3) is 4.10. The van der Waals surface area contributed by atoms with Crippen LogP contribution in [0.15, 0.2) is 42.6 Å². The molecule has 0 bridgehead atoms. The molecule has 1 aromatic heterocycles. The standard InChI is InChI=1S/C15H17N3O3/c1-20-15(19)12-9-14(18-10-13(12)16)17-7-8-21-11-5-3-2-4-6-11/h2-6,9-10H,7-8,16H2,1H3,(H,17,18). The fraction of sp³-hybridized carbons (Fsp3) is 0.200. The largest absolute Gasteiger partial charge is 0.492 e. The van der Waals surface area contributed by atoms with Crippen LogP contribution in [0.3, 0.4) is 0 Å². The number of anilines is 2. The molecular formula is C15H17N3O3. The van der Waals surface area contributed by atoms with E-state index in [-0.39, 0.29) is 5.69 Å². The molecule has 0 aliphatic rings. The molecule has 0 amide bonds. The van der Waals surface area contributed by atoms with E-state index in [0.717, 1.165) is 5.75 Å². The number of rotatable bonds is 6. The van der Waals surface area contributed by atoms with Crippen LogP contribution in [0, 0.1) is 0 Å². The molecule has 1 heterocycles. The minimum absolute atomic E-state index is 0.285. The first-order chi connectivity index (χ1) is 10.2. The Morgan fingerprint density at radius 3 is 2.81 bits per heavy atom. The maximum atomic E-state index is 11.5. The van der Waals surface area contributed by atoms with Crippen molar-refractivity contribution in [3.63, 3.8) is 0 Å². The van der Waals surface area contributed by atoms with Gasteiger partial charge in [-0.05, 0) is 18.2 Å². The molecule has 0 atom stereocenters. The van der Waals surface area contributed by atoms with Crippen LogP contribution in [0.25, 0.3) is 0 Å². The molecule has 6 heteroatoms. The number of nitrogen functional groups attached to an aromatic ring is 1. The second-order valence-corrected chi connectivity index (χ2v) is 4.24. The Bertz CT molecular complexity index is 602. The third-order valence-electron chi connectivity index (χ3n) is 2.76. The highest BCUT2D eigenvalue weighted by molar-refractivity contribution is 5.95. The van der Waals surface area contributed by atoms with Crippen molar-refractivity contribution in [2.24, 2.45) is 0 Å². The Hall–Kier alpha value is -2.76. The number of nitrogens with zero attached hydrogens (tertiary/aromatic N) is 1. The lowest BCUT2D eigenvalue weighted by atomic mass is 10.2. The summed E-state index contributed by atoms with van der Waals surface area (Å²) in [5.74, 6) is 0.861. The maximum Gasteiger partial charge on any atom is 0.340 e. The van der Waals surface area contributed by atoms with Crippen molar-refractivity contribution in [3.05, 3.63) is 48.2 Å². The molecule has 3 N–H and O–H groups in total. The third-order valence-corrected chi connectivity index (χ3v) is 2.76. The number of carbonyl (C=O) groups excluding carboxylic acids is 1. The lowest BCUT2D eigenvalue weighted by molar-refractivity contribution is 0.0602. The van der Waals surface area contributed by atoms with E-state index in [1.807, 2.05) is 30.3 Å². The van der Waals surface area contributed by atoms with E-state index in [9.17, 15) is 4.79 Å². The molecule has 2 aromatic rings. The van der Waals surface area contributed by atoms with Gasteiger partial charge in [-0.2, -0.15) is 0 Å². The number of nitrogens with one attached hydrogen (secondary N) is 1. The minimum atomic E-state index is -0.488. The molecule has 0 unspecified atom stereocenters. The molecule has 0 saturated carbocycles. The molecule has 21 heavy (non-hydrogen) atoms. The Morgan fingerprint density at radius 2 is 2.10 bits per heavy atom. The number of ether oxygens (including phenoxy) is 2. The van der Waals surface area contributed by atoms with Gasteiger partial charge < -0.3 is 20.5 Å². The number of benzene rings is 1. The van der Waals surface area contributed by atoms with E-state index in [0.29, 0.717) is 24.5 Å². The van der Waals surface area contributed by atoms with Crippen molar-refractivity contribution in [3.8, 4) is 5.75 Å². The maximum absolute atomic E-state index is 11.5. The molecule has 0 aliphatic heterocycles. The summed E-state index contributed by atoms with van der Waals surface area (Å²) in [6, 6.07) is 11.1. The summed E-state index contributed by atoms with van der Waals surface area (Å²) in [5, 5.41) is 3.06. The Morgan fingerprint density at radius 1 is 1.33 bits per heavy atom. The summed E-state index contributed by atoms with van der Waals surface area (Å²) in [5.41, 5.74) is 6.26. The van der Waals surface area contributed by atoms with Crippen molar-refractivity contribution in [1.29, 1.82) is 0 Å². The zero-order valence-corrected chi connectivity index (χ0v) is 11.7. The fourth-order valence-electron chi connectivity index (χ4n) is 1.71. The average molecular weight is 287 g/mol. The number of hydrogen-bond donors (Lipinski definition) is 2. The zero-order valence-electron chi connectivity index (χ0n) is 11.7. The first-order valence-corrected chi connectivity index (χ1v) is 6.46. The second-order valence-electron chi connectivity index (χ2n) is 4.24. The van der Waals surface area contributed by atoms with Crippen LogP contribution < -0.4 is 15.8 Å². The van der Waals surface area contributed by atoms with Gasteiger partial charge >= 0.3 is 5.97 Å². The molecule has 0 radical (unpaired) electrons. The number of carbonyl (C=O) groups is 1. The van der Waals surface area contributed by atoms with E-state index in [4.69, 9.17) is 10.5 Å². The number of para-hydroxylation sites is 1. The predicted molar refractivity (Wildman–Crippen MR) is 80.4 cm³/mol. The van der Waals surface area contributed by atoms with Crippen LogP contribution in [0.2, 0.25) is 0 Å². The van der Waals surface area contributed by atoms with Gasteiger partial charge in [-0.1, -0.05) is 18.2 Å². The monoisotopic (exact) mass is 287 g/mol. The number of methoxy groups -OCH3 is 1. The summed E-state index contributed by atoms with van der Waals surface area (Å²) < 4.78 is 10.2. The highest BCUT2D eigenvalue weighted by Gasteiger charge is 2.11. The van der Waals surface area contributed by atoms with Crippen LogP contribution in [-0.4, -0.2) is 31.2 Å². The van der Waals surface area contributed by atoms with Gasteiger partial charge in [-0.15, -0.1) is 0 Å². The van der Waals surface area contributed by atoms with Crippen molar-refractivity contribution in [1.82, 2.24) is 4.98 Å². The quantitative estimate of drug-likeness (QED) is 0.623. The van der Waals surface area contributed by atoms with Gasteiger partial charge in [0, 0.05) is 0 Å². The minimum Gasteiger partial charge on any atom is -0.492 e. The van der Waals surface area contributed by atoms with Crippen molar-refractivity contribution in [2.75, 3.05) is 31.3 Å². The lowest BCUT2D eigenvalue weighted by Crippen LogP contribution is -2.14. The fourth-order valence-corrected chi connectivity index (χ4v) is 1.71. The van der Waals surface area contributed by atoms with Gasteiger partial charge in [0.1, 0.15) is 18.2 Å². The van der Waals surface area contributed by atoms with Crippen molar-refractivity contribution in [2.45, 2.75) is 0 Å². The number of aromatic nitrogens is 1. The summed E-state index contributed by atoms with van der Waals surface area (Å²) in [6.45, 7) is 1.02. The summed E-state index contributed by atoms with van der Waals surface area (Å²) >= 11 is 0. The van der Waals surface area contributed by atoms with Gasteiger partial charge in [-0.3, -0.25) is 0 Å². The number of esters is 1. The van der Waals surface area contributed by atoms with Crippen LogP contribution in [-0.2, 0) is 4.74 Å². The first-order valence-electron chi connectivity index (χ1n) is 6.46. The number of nitrogens with two attached hydrogens (primary N) is 1.